The Morgan fingerprint density at radius 2 is 2.00 bits per heavy atom. The minimum absolute atomic E-state index is 0.575. The number of thiophene rings is 1. The molecule has 0 spiro atoms. The molecule has 1 aromatic rings. The van der Waals surface area contributed by atoms with Crippen LogP contribution in [0.3, 0.4) is 0 Å². The van der Waals surface area contributed by atoms with Crippen LogP contribution in [0.1, 0.15) is 63.8 Å². The van der Waals surface area contributed by atoms with Crippen molar-refractivity contribution >= 4 is 11.3 Å². The molecule has 2 heteroatoms. The van der Waals surface area contributed by atoms with E-state index in [2.05, 4.69) is 43.6 Å². The van der Waals surface area contributed by atoms with Crippen molar-refractivity contribution in [3.8, 4) is 0 Å². The van der Waals surface area contributed by atoms with E-state index in [4.69, 9.17) is 0 Å². The van der Waals surface area contributed by atoms with Gasteiger partial charge < -0.3 is 5.32 Å². The first-order chi connectivity index (χ1) is 8.70. The van der Waals surface area contributed by atoms with Gasteiger partial charge in [0.25, 0.3) is 0 Å². The predicted octanol–water partition coefficient (Wildman–Crippen LogP) is 5.00. The summed E-state index contributed by atoms with van der Waals surface area (Å²) in [5.41, 5.74) is 0. The van der Waals surface area contributed by atoms with Crippen LogP contribution in [0.5, 0.6) is 0 Å². The van der Waals surface area contributed by atoms with E-state index in [0.29, 0.717) is 6.04 Å². The highest BCUT2D eigenvalue weighted by Gasteiger charge is 2.24. The van der Waals surface area contributed by atoms with Crippen molar-refractivity contribution in [2.24, 2.45) is 11.8 Å². The zero-order valence-corrected chi connectivity index (χ0v) is 12.8. The lowest BCUT2D eigenvalue weighted by atomic mass is 9.79. The molecule has 1 atom stereocenters. The summed E-state index contributed by atoms with van der Waals surface area (Å²) in [6.45, 7) is 7.04. The Hall–Kier alpha value is -0.340. The molecule has 1 unspecified atom stereocenters. The highest BCUT2D eigenvalue weighted by atomic mass is 32.1. The van der Waals surface area contributed by atoms with E-state index in [-0.39, 0.29) is 0 Å². The summed E-state index contributed by atoms with van der Waals surface area (Å²) in [5.74, 6) is 1.83. The van der Waals surface area contributed by atoms with Crippen LogP contribution in [0.25, 0.3) is 0 Å². The second-order valence-corrected chi connectivity index (χ2v) is 6.98. The Balaban J connectivity index is 1.83. The Morgan fingerprint density at radius 1 is 1.28 bits per heavy atom. The molecule has 18 heavy (non-hydrogen) atoms. The van der Waals surface area contributed by atoms with E-state index in [9.17, 15) is 0 Å². The molecule has 0 aromatic carbocycles. The van der Waals surface area contributed by atoms with Gasteiger partial charge in [0.05, 0.1) is 0 Å². The molecule has 1 N–H and O–H groups in total. The van der Waals surface area contributed by atoms with Crippen LogP contribution in [0, 0.1) is 11.8 Å². The largest absolute Gasteiger partial charge is 0.306 e. The maximum atomic E-state index is 3.88. The predicted molar refractivity (Wildman–Crippen MR) is 81.1 cm³/mol. The molecular weight excluding hydrogens is 238 g/mol. The Kier molecular flexibility index (Phi) is 5.25. The van der Waals surface area contributed by atoms with Gasteiger partial charge in [-0.25, -0.2) is 0 Å². The fourth-order valence-electron chi connectivity index (χ4n) is 3.13. The lowest BCUT2D eigenvalue weighted by Crippen LogP contribution is -2.36. The highest BCUT2D eigenvalue weighted by molar-refractivity contribution is 7.10. The van der Waals surface area contributed by atoms with Gasteiger partial charge in [0.2, 0.25) is 0 Å². The van der Waals surface area contributed by atoms with Crippen molar-refractivity contribution < 1.29 is 0 Å². The molecule has 1 fully saturated rings. The smallest absolute Gasteiger partial charge is 0.0414 e. The lowest BCUT2D eigenvalue weighted by Gasteiger charge is -2.33. The van der Waals surface area contributed by atoms with Gasteiger partial charge in [-0.1, -0.05) is 26.8 Å². The van der Waals surface area contributed by atoms with Crippen LogP contribution in [0.4, 0.5) is 0 Å². The summed E-state index contributed by atoms with van der Waals surface area (Å²) in [6, 6.07) is 5.75. The summed E-state index contributed by atoms with van der Waals surface area (Å²) in [7, 11) is 0. The molecule has 102 valence electrons. The second-order valence-electron chi connectivity index (χ2n) is 6.00. The van der Waals surface area contributed by atoms with E-state index in [1.807, 2.05) is 11.3 Å². The van der Waals surface area contributed by atoms with Crippen LogP contribution < -0.4 is 5.32 Å². The first-order valence-electron chi connectivity index (χ1n) is 7.50. The second kappa shape index (κ2) is 6.72. The molecule has 2 rings (SSSR count). The molecular formula is C16H27NS. The van der Waals surface area contributed by atoms with Crippen LogP contribution in [-0.4, -0.2) is 6.04 Å². The zero-order valence-electron chi connectivity index (χ0n) is 12.0. The van der Waals surface area contributed by atoms with E-state index in [1.165, 1.54) is 37.0 Å². The van der Waals surface area contributed by atoms with Crippen molar-refractivity contribution in [1.29, 1.82) is 0 Å². The normalized spacial score (nSPS) is 26.4. The number of rotatable bonds is 5. The van der Waals surface area contributed by atoms with Crippen molar-refractivity contribution in [3.05, 3.63) is 22.4 Å². The molecule has 1 aliphatic carbocycles. The van der Waals surface area contributed by atoms with Crippen LogP contribution in [0.2, 0.25) is 0 Å². The number of hydrogen-bond acceptors (Lipinski definition) is 2. The van der Waals surface area contributed by atoms with E-state index >= 15 is 0 Å². The molecule has 1 heterocycles. The van der Waals surface area contributed by atoms with Crippen molar-refractivity contribution in [2.75, 3.05) is 0 Å². The third kappa shape index (κ3) is 3.58. The van der Waals surface area contributed by atoms with Gasteiger partial charge in [0.15, 0.2) is 0 Å². The summed E-state index contributed by atoms with van der Waals surface area (Å²) in [5, 5.41) is 6.07. The number of nitrogens with one attached hydrogen (secondary N) is 1. The monoisotopic (exact) mass is 265 g/mol. The molecule has 1 saturated carbocycles. The molecule has 0 amide bonds. The number of hydrogen-bond donors (Lipinski definition) is 1. The third-order valence-corrected chi connectivity index (χ3v) is 5.43. The van der Waals surface area contributed by atoms with Gasteiger partial charge in [-0.15, -0.1) is 11.3 Å². The quantitative estimate of drug-likeness (QED) is 0.789. The standard InChI is InChI=1S/C16H27NS/c1-4-15(16-6-5-11-18-16)17-14-9-7-13(8-10-14)12(2)3/h5-6,11-15,17H,4,7-10H2,1-3H3. The Labute approximate surface area is 116 Å². The first-order valence-corrected chi connectivity index (χ1v) is 8.38. The average Bonchev–Trinajstić information content (AvgIpc) is 2.90. The fourth-order valence-corrected chi connectivity index (χ4v) is 4.00. The molecule has 0 radical (unpaired) electrons. The van der Waals surface area contributed by atoms with Crippen molar-refractivity contribution in [1.82, 2.24) is 5.32 Å². The SMILES string of the molecule is CCC(NC1CCC(C(C)C)CC1)c1cccs1. The molecule has 0 saturated heterocycles. The maximum Gasteiger partial charge on any atom is 0.0414 e. The van der Waals surface area contributed by atoms with Gasteiger partial charge >= 0.3 is 0 Å². The Bertz CT molecular complexity index is 323. The highest BCUT2D eigenvalue weighted by Crippen LogP contribution is 2.32. The van der Waals surface area contributed by atoms with Crippen LogP contribution >= 0.6 is 11.3 Å². The van der Waals surface area contributed by atoms with Crippen LogP contribution in [0.15, 0.2) is 17.5 Å². The summed E-state index contributed by atoms with van der Waals surface area (Å²) in [6.07, 6.45) is 6.76. The van der Waals surface area contributed by atoms with E-state index in [0.717, 1.165) is 17.9 Å². The maximum absolute atomic E-state index is 3.88. The van der Waals surface area contributed by atoms with Gasteiger partial charge in [0.1, 0.15) is 0 Å². The summed E-state index contributed by atoms with van der Waals surface area (Å²) in [4.78, 5) is 1.50. The molecule has 1 aromatic heterocycles. The van der Waals surface area contributed by atoms with Crippen molar-refractivity contribution in [2.45, 2.75) is 65.0 Å². The minimum atomic E-state index is 0.575. The first kappa shape index (κ1) is 14.1. The average molecular weight is 265 g/mol. The van der Waals surface area contributed by atoms with Gasteiger partial charge in [-0.3, -0.25) is 0 Å². The molecule has 0 bridgehead atoms. The van der Waals surface area contributed by atoms with E-state index in [1.54, 1.807) is 0 Å². The van der Waals surface area contributed by atoms with Gasteiger partial charge in [-0.2, -0.15) is 0 Å². The molecule has 1 aliphatic rings. The van der Waals surface area contributed by atoms with Gasteiger partial charge in [-0.05, 0) is 55.4 Å². The molecule has 0 aliphatic heterocycles. The Morgan fingerprint density at radius 3 is 2.50 bits per heavy atom. The van der Waals surface area contributed by atoms with E-state index < -0.39 is 0 Å². The fraction of sp³-hybridized carbons (Fsp3) is 0.750. The molecule has 1 nitrogen and oxygen atoms in total. The van der Waals surface area contributed by atoms with Crippen LogP contribution in [-0.2, 0) is 0 Å². The lowest BCUT2D eigenvalue weighted by molar-refractivity contribution is 0.228. The third-order valence-electron chi connectivity index (χ3n) is 4.45. The summed E-state index contributed by atoms with van der Waals surface area (Å²) < 4.78 is 0. The topological polar surface area (TPSA) is 12.0 Å². The zero-order chi connectivity index (χ0) is 13.0. The minimum Gasteiger partial charge on any atom is -0.306 e. The van der Waals surface area contributed by atoms with Crippen molar-refractivity contribution in [3.63, 3.8) is 0 Å². The summed E-state index contributed by atoms with van der Waals surface area (Å²) >= 11 is 1.89. The van der Waals surface area contributed by atoms with Gasteiger partial charge in [0, 0.05) is 17.0 Å².